The van der Waals surface area contributed by atoms with E-state index in [-0.39, 0.29) is 12.3 Å². The van der Waals surface area contributed by atoms with E-state index in [9.17, 15) is 18.0 Å². The molecule has 0 fully saturated rings. The summed E-state index contributed by atoms with van der Waals surface area (Å²) in [7, 11) is -4.29. The molecule has 0 radical (unpaired) electrons. The lowest BCUT2D eigenvalue weighted by atomic mass is 10.3. The summed E-state index contributed by atoms with van der Waals surface area (Å²) < 4.78 is 30.8. The number of rotatable bonds is 5. The number of aromatic carboxylic acids is 1. The SMILES string of the molecule is CCOC(=O)NS(=O)(=O)Nc1cccnc1C(=O)O. The zero-order valence-corrected chi connectivity index (χ0v) is 10.6. The second-order valence-electron chi connectivity index (χ2n) is 3.13. The Labute approximate surface area is 108 Å². The molecule has 0 saturated carbocycles. The summed E-state index contributed by atoms with van der Waals surface area (Å²) >= 11 is 0. The van der Waals surface area contributed by atoms with Crippen LogP contribution in [-0.4, -0.2) is 37.2 Å². The quantitative estimate of drug-likeness (QED) is 0.703. The zero-order chi connectivity index (χ0) is 14.5. The molecule has 0 aliphatic heterocycles. The summed E-state index contributed by atoms with van der Waals surface area (Å²) in [5, 5.41) is 8.82. The number of aromatic nitrogens is 1. The molecule has 9 nitrogen and oxygen atoms in total. The molecule has 3 N–H and O–H groups in total. The van der Waals surface area contributed by atoms with Crippen molar-refractivity contribution in [2.24, 2.45) is 0 Å². The third kappa shape index (κ3) is 4.43. The highest BCUT2D eigenvalue weighted by molar-refractivity contribution is 7.91. The Bertz CT molecular complexity index is 585. The summed E-state index contributed by atoms with van der Waals surface area (Å²) in [6.45, 7) is 1.50. The molecule has 0 aliphatic rings. The van der Waals surface area contributed by atoms with E-state index >= 15 is 0 Å². The lowest BCUT2D eigenvalue weighted by molar-refractivity contribution is 0.0691. The van der Waals surface area contributed by atoms with E-state index < -0.39 is 28.0 Å². The van der Waals surface area contributed by atoms with Gasteiger partial charge in [0.1, 0.15) is 0 Å². The number of amides is 1. The van der Waals surface area contributed by atoms with E-state index in [1.165, 1.54) is 25.3 Å². The highest BCUT2D eigenvalue weighted by Crippen LogP contribution is 2.13. The van der Waals surface area contributed by atoms with E-state index in [2.05, 4.69) is 9.72 Å². The number of carbonyl (C=O) groups excluding carboxylic acids is 1. The Balaban J connectivity index is 2.90. The van der Waals surface area contributed by atoms with Crippen molar-refractivity contribution in [3.05, 3.63) is 24.0 Å². The molecule has 0 unspecified atom stereocenters. The second-order valence-corrected chi connectivity index (χ2v) is 4.55. The van der Waals surface area contributed by atoms with E-state index in [0.717, 1.165) is 0 Å². The number of nitrogens with one attached hydrogen (secondary N) is 2. The van der Waals surface area contributed by atoms with Gasteiger partial charge in [0.2, 0.25) is 0 Å². The Morgan fingerprint density at radius 1 is 1.47 bits per heavy atom. The molecule has 1 aromatic rings. The molecular formula is C9H11N3O6S. The van der Waals surface area contributed by atoms with Crippen molar-refractivity contribution < 1.29 is 27.9 Å². The van der Waals surface area contributed by atoms with Gasteiger partial charge in [-0.3, -0.25) is 4.72 Å². The number of anilines is 1. The number of carbonyl (C=O) groups is 2. The third-order valence-corrected chi connectivity index (χ3v) is 2.67. The molecule has 0 spiro atoms. The van der Waals surface area contributed by atoms with Gasteiger partial charge in [-0.05, 0) is 19.1 Å². The Kier molecular flexibility index (Phi) is 4.64. The van der Waals surface area contributed by atoms with Crippen molar-refractivity contribution in [1.29, 1.82) is 0 Å². The first-order valence-corrected chi connectivity index (χ1v) is 6.49. The van der Waals surface area contributed by atoms with Gasteiger partial charge in [-0.1, -0.05) is 0 Å². The number of carboxylic acids is 1. The van der Waals surface area contributed by atoms with E-state index in [1.54, 1.807) is 4.72 Å². The largest absolute Gasteiger partial charge is 0.476 e. The molecule has 1 rings (SSSR count). The van der Waals surface area contributed by atoms with E-state index in [0.29, 0.717) is 0 Å². The molecule has 0 bridgehead atoms. The van der Waals surface area contributed by atoms with Crippen molar-refractivity contribution in [3.63, 3.8) is 0 Å². The van der Waals surface area contributed by atoms with Crippen LogP contribution in [-0.2, 0) is 14.9 Å². The molecule has 0 aromatic carbocycles. The zero-order valence-electron chi connectivity index (χ0n) is 9.78. The van der Waals surface area contributed by atoms with Gasteiger partial charge < -0.3 is 9.84 Å². The minimum Gasteiger partial charge on any atom is -0.476 e. The van der Waals surface area contributed by atoms with Gasteiger partial charge in [-0.2, -0.15) is 8.42 Å². The highest BCUT2D eigenvalue weighted by atomic mass is 32.2. The first kappa shape index (κ1) is 14.7. The van der Waals surface area contributed by atoms with Crippen LogP contribution < -0.4 is 9.44 Å². The van der Waals surface area contributed by atoms with Gasteiger partial charge in [0, 0.05) is 6.20 Å². The molecule has 1 aromatic heterocycles. The Morgan fingerprint density at radius 2 is 2.16 bits per heavy atom. The molecule has 0 aliphatic carbocycles. The maximum Gasteiger partial charge on any atom is 0.422 e. The number of ether oxygens (including phenoxy) is 1. The maximum absolute atomic E-state index is 11.5. The van der Waals surface area contributed by atoms with Crippen molar-refractivity contribution in [2.75, 3.05) is 11.3 Å². The number of carboxylic acid groups (broad SMARTS) is 1. The number of hydrogen-bond donors (Lipinski definition) is 3. The van der Waals surface area contributed by atoms with E-state index in [1.807, 2.05) is 4.72 Å². The molecule has 0 saturated heterocycles. The van der Waals surface area contributed by atoms with Gasteiger partial charge in [-0.15, -0.1) is 0 Å². The van der Waals surface area contributed by atoms with Crippen LogP contribution >= 0.6 is 0 Å². The van der Waals surface area contributed by atoms with E-state index in [4.69, 9.17) is 5.11 Å². The summed E-state index contributed by atoms with van der Waals surface area (Å²) in [5.41, 5.74) is -0.761. The summed E-state index contributed by atoms with van der Waals surface area (Å²) in [6, 6.07) is 2.54. The molecule has 0 atom stereocenters. The average molecular weight is 289 g/mol. The molecule has 1 heterocycles. The normalized spacial score (nSPS) is 10.6. The lowest BCUT2D eigenvalue weighted by Gasteiger charge is -2.10. The van der Waals surface area contributed by atoms with Crippen LogP contribution in [0.2, 0.25) is 0 Å². The van der Waals surface area contributed by atoms with Crippen molar-refractivity contribution in [3.8, 4) is 0 Å². The van der Waals surface area contributed by atoms with Crippen molar-refractivity contribution in [2.45, 2.75) is 6.92 Å². The van der Waals surface area contributed by atoms with Crippen molar-refractivity contribution >= 4 is 28.0 Å². The number of nitrogens with zero attached hydrogens (tertiary/aromatic N) is 1. The smallest absolute Gasteiger partial charge is 0.422 e. The highest BCUT2D eigenvalue weighted by Gasteiger charge is 2.19. The predicted molar refractivity (Wildman–Crippen MR) is 63.9 cm³/mol. The second kappa shape index (κ2) is 6.00. The predicted octanol–water partition coefficient (Wildman–Crippen LogP) is 0.183. The van der Waals surface area contributed by atoms with Crippen LogP contribution in [0, 0.1) is 0 Å². The average Bonchev–Trinajstić information content (AvgIpc) is 2.28. The Hall–Kier alpha value is -2.36. The molecular weight excluding hydrogens is 278 g/mol. The van der Waals surface area contributed by atoms with Gasteiger partial charge in [0.15, 0.2) is 5.69 Å². The molecule has 1 amide bonds. The fourth-order valence-electron chi connectivity index (χ4n) is 1.10. The standard InChI is InChI=1S/C9H11N3O6S/c1-2-18-9(15)12-19(16,17)11-6-4-3-5-10-7(6)8(13)14/h3-5,11H,2H2,1H3,(H,12,15)(H,13,14). The topological polar surface area (TPSA) is 135 Å². The third-order valence-electron chi connectivity index (χ3n) is 1.75. The molecule has 19 heavy (non-hydrogen) atoms. The lowest BCUT2D eigenvalue weighted by Crippen LogP contribution is -2.36. The minimum absolute atomic E-state index is 0.00534. The molecule has 10 heteroatoms. The summed E-state index contributed by atoms with van der Waals surface area (Å²) in [6.07, 6.45) is 0.0239. The fourth-order valence-corrected chi connectivity index (χ4v) is 1.88. The number of pyridine rings is 1. The summed E-state index contributed by atoms with van der Waals surface area (Å²) in [5.74, 6) is -1.41. The van der Waals surface area contributed by atoms with Crippen LogP contribution in [0.3, 0.4) is 0 Å². The van der Waals surface area contributed by atoms with Gasteiger partial charge in [0.05, 0.1) is 12.3 Å². The first-order chi connectivity index (χ1) is 8.85. The number of hydrogen-bond acceptors (Lipinski definition) is 6. The maximum atomic E-state index is 11.5. The monoisotopic (exact) mass is 289 g/mol. The van der Waals surface area contributed by atoms with Crippen molar-refractivity contribution in [1.82, 2.24) is 9.71 Å². The van der Waals surface area contributed by atoms with Gasteiger partial charge in [0.25, 0.3) is 0 Å². The van der Waals surface area contributed by atoms with Crippen LogP contribution in [0.25, 0.3) is 0 Å². The van der Waals surface area contributed by atoms with Gasteiger partial charge >= 0.3 is 22.3 Å². The van der Waals surface area contributed by atoms with Crippen LogP contribution in [0.5, 0.6) is 0 Å². The summed E-state index contributed by atoms with van der Waals surface area (Å²) in [4.78, 5) is 25.3. The van der Waals surface area contributed by atoms with Crippen LogP contribution in [0.15, 0.2) is 18.3 Å². The Morgan fingerprint density at radius 3 is 2.74 bits per heavy atom. The van der Waals surface area contributed by atoms with Crippen LogP contribution in [0.4, 0.5) is 10.5 Å². The van der Waals surface area contributed by atoms with Crippen LogP contribution in [0.1, 0.15) is 17.4 Å². The fraction of sp³-hybridized carbons (Fsp3) is 0.222. The minimum atomic E-state index is -4.29. The van der Waals surface area contributed by atoms with Gasteiger partial charge in [-0.25, -0.2) is 19.3 Å². The molecule has 104 valence electrons. The first-order valence-electron chi connectivity index (χ1n) is 5.01.